The first-order valence-electron chi connectivity index (χ1n) is 9.29. The Labute approximate surface area is 153 Å². The second-order valence-electron chi connectivity index (χ2n) is 6.97. The molecule has 0 aromatic heterocycles. The summed E-state index contributed by atoms with van der Waals surface area (Å²) in [6, 6.07) is 6.40. The number of nitrogens with zero attached hydrogens (tertiary/aromatic N) is 1. The Morgan fingerprint density at radius 1 is 1.08 bits per heavy atom. The lowest BCUT2D eigenvalue weighted by atomic mass is 9.94. The van der Waals surface area contributed by atoms with Gasteiger partial charge >= 0.3 is 11.8 Å². The van der Waals surface area contributed by atoms with Gasteiger partial charge in [-0.1, -0.05) is 12.1 Å². The average molecular weight is 363 g/mol. The number of ether oxygens (including phenoxy) is 1. The molecule has 0 atom stereocenters. The standard InChI is InChI=1S/C19H26FN3O3/c20-16-3-1-2-4-17(16)22-19(25)18(24)21-13-14-5-9-23(10-6-14)15-7-11-26-12-8-15/h1-4,14-15H,5-13H2,(H,21,24)(H,22,25). The Morgan fingerprint density at radius 3 is 2.46 bits per heavy atom. The van der Waals surface area contributed by atoms with Crippen molar-refractivity contribution in [1.82, 2.24) is 10.2 Å². The first kappa shape index (κ1) is 18.8. The number of halogens is 1. The molecule has 7 heteroatoms. The maximum atomic E-state index is 13.5. The first-order chi connectivity index (χ1) is 12.6. The molecule has 2 N–H and O–H groups in total. The van der Waals surface area contributed by atoms with E-state index in [9.17, 15) is 14.0 Å². The van der Waals surface area contributed by atoms with Crippen molar-refractivity contribution in [3.63, 3.8) is 0 Å². The fraction of sp³-hybridized carbons (Fsp3) is 0.579. The molecule has 2 aliphatic rings. The summed E-state index contributed by atoms with van der Waals surface area (Å²) in [4.78, 5) is 26.3. The van der Waals surface area contributed by atoms with Gasteiger partial charge < -0.3 is 20.3 Å². The number of benzene rings is 1. The van der Waals surface area contributed by atoms with E-state index < -0.39 is 17.6 Å². The molecule has 0 bridgehead atoms. The van der Waals surface area contributed by atoms with Crippen molar-refractivity contribution in [2.24, 2.45) is 5.92 Å². The maximum absolute atomic E-state index is 13.5. The van der Waals surface area contributed by atoms with Crippen LogP contribution in [0.2, 0.25) is 0 Å². The molecule has 2 amide bonds. The van der Waals surface area contributed by atoms with Crippen LogP contribution in [0.5, 0.6) is 0 Å². The normalized spacial score (nSPS) is 19.9. The fourth-order valence-electron chi connectivity index (χ4n) is 3.63. The van der Waals surface area contributed by atoms with Gasteiger partial charge in [0, 0.05) is 25.8 Å². The van der Waals surface area contributed by atoms with Gasteiger partial charge in [0.05, 0.1) is 5.69 Å². The molecule has 6 nitrogen and oxygen atoms in total. The predicted molar refractivity (Wildman–Crippen MR) is 96.2 cm³/mol. The van der Waals surface area contributed by atoms with Crippen molar-refractivity contribution in [3.05, 3.63) is 30.1 Å². The van der Waals surface area contributed by atoms with Crippen LogP contribution in [0.4, 0.5) is 10.1 Å². The van der Waals surface area contributed by atoms with Crippen molar-refractivity contribution in [2.45, 2.75) is 31.7 Å². The Hall–Kier alpha value is -1.99. The molecular weight excluding hydrogens is 337 g/mol. The van der Waals surface area contributed by atoms with Gasteiger partial charge in [0.25, 0.3) is 0 Å². The van der Waals surface area contributed by atoms with Crippen LogP contribution in [-0.2, 0) is 14.3 Å². The Kier molecular flexibility index (Phi) is 6.57. The summed E-state index contributed by atoms with van der Waals surface area (Å²) in [5, 5.41) is 4.98. The molecule has 0 radical (unpaired) electrons. The lowest BCUT2D eigenvalue weighted by Crippen LogP contribution is -2.46. The zero-order valence-electron chi connectivity index (χ0n) is 14.9. The molecule has 0 saturated carbocycles. The zero-order chi connectivity index (χ0) is 18.4. The molecule has 3 rings (SSSR count). The molecule has 2 saturated heterocycles. The number of piperidine rings is 1. The molecule has 2 aliphatic heterocycles. The number of nitrogens with one attached hydrogen (secondary N) is 2. The molecule has 26 heavy (non-hydrogen) atoms. The minimum Gasteiger partial charge on any atom is -0.381 e. The van der Waals surface area contributed by atoms with Crippen LogP contribution in [0.15, 0.2) is 24.3 Å². The van der Waals surface area contributed by atoms with E-state index in [2.05, 4.69) is 15.5 Å². The van der Waals surface area contributed by atoms with Crippen molar-refractivity contribution >= 4 is 17.5 Å². The van der Waals surface area contributed by atoms with Crippen LogP contribution in [0.3, 0.4) is 0 Å². The van der Waals surface area contributed by atoms with E-state index in [0.29, 0.717) is 18.5 Å². The molecule has 1 aromatic rings. The van der Waals surface area contributed by atoms with Crippen LogP contribution in [0.1, 0.15) is 25.7 Å². The summed E-state index contributed by atoms with van der Waals surface area (Å²) in [7, 11) is 0. The molecule has 1 aromatic carbocycles. The Morgan fingerprint density at radius 2 is 1.77 bits per heavy atom. The minimum absolute atomic E-state index is 0.0115. The lowest BCUT2D eigenvalue weighted by Gasteiger charge is -2.39. The number of anilines is 1. The van der Waals surface area contributed by atoms with Crippen LogP contribution in [0, 0.1) is 11.7 Å². The van der Waals surface area contributed by atoms with Gasteiger partial charge in [-0.2, -0.15) is 0 Å². The van der Waals surface area contributed by atoms with Crippen LogP contribution < -0.4 is 10.6 Å². The SMILES string of the molecule is O=C(NCC1CCN(C2CCOCC2)CC1)C(=O)Nc1ccccc1F. The van der Waals surface area contributed by atoms with Gasteiger partial charge in [-0.3, -0.25) is 9.59 Å². The van der Waals surface area contributed by atoms with E-state index in [0.717, 1.165) is 52.0 Å². The van der Waals surface area contributed by atoms with Crippen molar-refractivity contribution in [1.29, 1.82) is 0 Å². The van der Waals surface area contributed by atoms with Crippen molar-refractivity contribution in [2.75, 3.05) is 38.2 Å². The number of para-hydroxylation sites is 1. The topological polar surface area (TPSA) is 70.7 Å². The number of amides is 2. The zero-order valence-corrected chi connectivity index (χ0v) is 14.9. The van der Waals surface area contributed by atoms with Gasteiger partial charge in [-0.05, 0) is 56.8 Å². The molecule has 0 spiro atoms. The quantitative estimate of drug-likeness (QED) is 0.800. The van der Waals surface area contributed by atoms with E-state index in [1.807, 2.05) is 0 Å². The number of rotatable bonds is 4. The molecule has 0 unspecified atom stereocenters. The van der Waals surface area contributed by atoms with E-state index in [4.69, 9.17) is 4.74 Å². The number of carbonyl (C=O) groups excluding carboxylic acids is 2. The Balaban J connectivity index is 1.38. The van der Waals surface area contributed by atoms with Gasteiger partial charge in [-0.15, -0.1) is 0 Å². The Bertz CT molecular complexity index is 626. The third-order valence-corrected chi connectivity index (χ3v) is 5.24. The molecule has 142 valence electrons. The third-order valence-electron chi connectivity index (χ3n) is 5.24. The predicted octanol–water partition coefficient (Wildman–Crippen LogP) is 1.77. The second kappa shape index (κ2) is 9.09. The summed E-state index contributed by atoms with van der Waals surface area (Å²) in [6.07, 6.45) is 4.20. The van der Waals surface area contributed by atoms with Crippen molar-refractivity contribution in [3.8, 4) is 0 Å². The van der Waals surface area contributed by atoms with Crippen LogP contribution in [0.25, 0.3) is 0 Å². The number of hydrogen-bond donors (Lipinski definition) is 2. The first-order valence-corrected chi connectivity index (χ1v) is 9.29. The molecule has 0 aliphatic carbocycles. The molecule has 2 fully saturated rings. The maximum Gasteiger partial charge on any atom is 0.313 e. The highest BCUT2D eigenvalue weighted by molar-refractivity contribution is 6.39. The van der Waals surface area contributed by atoms with E-state index in [1.54, 1.807) is 6.07 Å². The summed E-state index contributed by atoms with van der Waals surface area (Å²) in [6.45, 7) is 4.21. The molecule has 2 heterocycles. The van der Waals surface area contributed by atoms with Gasteiger partial charge in [0.2, 0.25) is 0 Å². The highest BCUT2D eigenvalue weighted by atomic mass is 19.1. The largest absolute Gasteiger partial charge is 0.381 e. The van der Waals surface area contributed by atoms with E-state index in [1.165, 1.54) is 18.2 Å². The summed E-state index contributed by atoms with van der Waals surface area (Å²) in [5.41, 5.74) is 0.0115. The van der Waals surface area contributed by atoms with E-state index in [-0.39, 0.29) is 5.69 Å². The van der Waals surface area contributed by atoms with Gasteiger partial charge in [0.1, 0.15) is 5.82 Å². The van der Waals surface area contributed by atoms with Gasteiger partial charge in [0.15, 0.2) is 0 Å². The minimum atomic E-state index is -0.838. The second-order valence-corrected chi connectivity index (χ2v) is 6.97. The highest BCUT2D eigenvalue weighted by Crippen LogP contribution is 2.22. The lowest BCUT2D eigenvalue weighted by molar-refractivity contribution is -0.136. The summed E-state index contributed by atoms with van der Waals surface area (Å²) >= 11 is 0. The van der Waals surface area contributed by atoms with Crippen LogP contribution in [-0.4, -0.2) is 55.6 Å². The monoisotopic (exact) mass is 363 g/mol. The van der Waals surface area contributed by atoms with Crippen LogP contribution >= 0.6 is 0 Å². The summed E-state index contributed by atoms with van der Waals surface area (Å²) < 4.78 is 18.9. The number of hydrogen-bond acceptors (Lipinski definition) is 4. The van der Waals surface area contributed by atoms with Crippen molar-refractivity contribution < 1.29 is 18.7 Å². The number of likely N-dealkylation sites (tertiary alicyclic amines) is 1. The number of carbonyl (C=O) groups is 2. The fourth-order valence-corrected chi connectivity index (χ4v) is 3.63. The average Bonchev–Trinajstić information content (AvgIpc) is 2.69. The molecular formula is C19H26FN3O3. The van der Waals surface area contributed by atoms with Gasteiger partial charge in [-0.25, -0.2) is 4.39 Å². The highest BCUT2D eigenvalue weighted by Gasteiger charge is 2.27. The third kappa shape index (κ3) is 5.02. The summed E-state index contributed by atoms with van der Waals surface area (Å²) in [5.74, 6) is -1.75. The van der Waals surface area contributed by atoms with E-state index >= 15 is 0 Å². The smallest absolute Gasteiger partial charge is 0.313 e.